The van der Waals surface area contributed by atoms with Gasteiger partial charge in [-0.15, -0.1) is 0 Å². The van der Waals surface area contributed by atoms with Crippen LogP contribution in [0.3, 0.4) is 0 Å². The Kier molecular flexibility index (Phi) is 7.30. The van der Waals surface area contributed by atoms with E-state index in [-0.39, 0.29) is 0 Å². The van der Waals surface area contributed by atoms with Gasteiger partial charge in [0.05, 0.1) is 11.8 Å². The highest BCUT2D eigenvalue weighted by Gasteiger charge is 2.00. The van der Waals surface area contributed by atoms with E-state index in [9.17, 15) is 5.11 Å². The van der Waals surface area contributed by atoms with Crippen LogP contribution in [0.5, 0.6) is 0 Å². The predicted octanol–water partition coefficient (Wildman–Crippen LogP) is 2.33. The Labute approximate surface area is 79.8 Å². The van der Waals surface area contributed by atoms with E-state index >= 15 is 0 Å². The summed E-state index contributed by atoms with van der Waals surface area (Å²) >= 11 is 0. The topological polar surface area (TPSA) is 52.8 Å². The molecule has 2 N–H and O–H groups in total. The Balaban J connectivity index is 3.60. The number of nitrogens with zero attached hydrogens (tertiary/aromatic N) is 1. The van der Waals surface area contributed by atoms with E-state index in [0.717, 1.165) is 19.3 Å². The van der Waals surface area contributed by atoms with Gasteiger partial charge in [-0.2, -0.15) is 0 Å². The Morgan fingerprint density at radius 3 is 2.77 bits per heavy atom. The molecule has 0 amide bonds. The third-order valence-corrected chi connectivity index (χ3v) is 1.76. The smallest absolute Gasteiger partial charge is 0.0774 e. The minimum atomic E-state index is -0.521. The van der Waals surface area contributed by atoms with Crippen LogP contribution in [0, 0.1) is 0 Å². The molecule has 0 bridgehead atoms. The number of aliphatic hydroxyl groups excluding tert-OH is 1. The molecule has 0 aromatic rings. The molecule has 0 heterocycles. The van der Waals surface area contributed by atoms with Crippen LogP contribution in [0.2, 0.25) is 0 Å². The number of rotatable bonds is 6. The molecule has 0 saturated heterocycles. The fourth-order valence-corrected chi connectivity index (χ4v) is 0.987. The fraction of sp³-hybridized carbons (Fsp3) is 0.700. The van der Waals surface area contributed by atoms with Crippen molar-refractivity contribution >= 4 is 5.71 Å². The van der Waals surface area contributed by atoms with Gasteiger partial charge in [0.2, 0.25) is 0 Å². The lowest BCUT2D eigenvalue weighted by Gasteiger charge is -2.02. The number of allylic oxidation sites excluding steroid dienone is 1. The van der Waals surface area contributed by atoms with Crippen molar-refractivity contribution < 1.29 is 10.3 Å². The molecule has 0 saturated carbocycles. The van der Waals surface area contributed by atoms with Crippen LogP contribution in [0.25, 0.3) is 0 Å². The van der Waals surface area contributed by atoms with Crippen molar-refractivity contribution in [3.8, 4) is 0 Å². The zero-order chi connectivity index (χ0) is 10.1. The second kappa shape index (κ2) is 7.80. The summed E-state index contributed by atoms with van der Waals surface area (Å²) in [6.07, 6.45) is 6.92. The molecule has 1 unspecified atom stereocenters. The molecular formula is C10H19NO2. The van der Waals surface area contributed by atoms with Gasteiger partial charge < -0.3 is 10.3 Å². The minimum absolute atomic E-state index is 0.402. The van der Waals surface area contributed by atoms with E-state index < -0.39 is 6.10 Å². The molecule has 0 aromatic heterocycles. The molecule has 3 heteroatoms. The maximum Gasteiger partial charge on any atom is 0.0774 e. The molecule has 0 aliphatic carbocycles. The van der Waals surface area contributed by atoms with Crippen molar-refractivity contribution in [1.82, 2.24) is 0 Å². The summed E-state index contributed by atoms with van der Waals surface area (Å²) in [6.45, 7) is 3.82. The number of oxime groups is 1. The number of hydrogen-bond donors (Lipinski definition) is 2. The summed E-state index contributed by atoms with van der Waals surface area (Å²) in [5.41, 5.74) is 0.549. The van der Waals surface area contributed by atoms with Crippen molar-refractivity contribution in [1.29, 1.82) is 0 Å². The van der Waals surface area contributed by atoms with Crippen LogP contribution < -0.4 is 0 Å². The molecule has 0 fully saturated rings. The Hall–Kier alpha value is -0.830. The summed E-state index contributed by atoms with van der Waals surface area (Å²) in [4.78, 5) is 0. The van der Waals surface area contributed by atoms with Crippen molar-refractivity contribution in [3.63, 3.8) is 0 Å². The maximum atomic E-state index is 9.37. The Bertz CT molecular complexity index is 176. The van der Waals surface area contributed by atoms with E-state index in [1.807, 2.05) is 6.08 Å². The molecule has 3 nitrogen and oxygen atoms in total. The maximum absolute atomic E-state index is 9.37. The quantitative estimate of drug-likeness (QED) is 0.219. The third-order valence-electron chi connectivity index (χ3n) is 1.76. The number of aliphatic hydroxyl groups is 1. The number of unbranched alkanes of at least 4 members (excludes halogenated alkanes) is 2. The van der Waals surface area contributed by atoms with Gasteiger partial charge in [-0.05, 0) is 13.3 Å². The molecule has 0 rings (SSSR count). The van der Waals surface area contributed by atoms with E-state index in [0.29, 0.717) is 12.1 Å². The van der Waals surface area contributed by atoms with Crippen molar-refractivity contribution in [2.45, 2.75) is 45.6 Å². The van der Waals surface area contributed by atoms with E-state index in [1.54, 1.807) is 13.0 Å². The highest BCUT2D eigenvalue weighted by Crippen LogP contribution is 2.00. The van der Waals surface area contributed by atoms with Crippen molar-refractivity contribution in [3.05, 3.63) is 12.2 Å². The van der Waals surface area contributed by atoms with Gasteiger partial charge in [0.15, 0.2) is 0 Å². The lowest BCUT2D eigenvalue weighted by atomic mass is 10.1. The molecule has 0 aliphatic rings. The summed E-state index contributed by atoms with van der Waals surface area (Å²) in [6, 6.07) is 0. The van der Waals surface area contributed by atoms with Gasteiger partial charge >= 0.3 is 0 Å². The van der Waals surface area contributed by atoms with Crippen LogP contribution in [0.15, 0.2) is 17.3 Å². The summed E-state index contributed by atoms with van der Waals surface area (Å²) < 4.78 is 0. The van der Waals surface area contributed by atoms with Crippen LogP contribution in [0.1, 0.15) is 39.5 Å². The van der Waals surface area contributed by atoms with Gasteiger partial charge in [-0.3, -0.25) is 0 Å². The average molecular weight is 185 g/mol. The SMILES string of the molecule is CCCC/C=C/C(O)CC(C)=NO. The predicted molar refractivity (Wildman–Crippen MR) is 54.2 cm³/mol. The summed E-state index contributed by atoms with van der Waals surface area (Å²) in [5.74, 6) is 0. The first-order valence-corrected chi connectivity index (χ1v) is 4.73. The molecule has 0 aliphatic heterocycles. The van der Waals surface area contributed by atoms with E-state index in [1.165, 1.54) is 0 Å². The first-order valence-electron chi connectivity index (χ1n) is 4.73. The van der Waals surface area contributed by atoms with Crippen LogP contribution in [-0.4, -0.2) is 22.1 Å². The molecule has 1 atom stereocenters. The van der Waals surface area contributed by atoms with Crippen LogP contribution in [-0.2, 0) is 0 Å². The summed E-state index contributed by atoms with van der Waals surface area (Å²) in [5, 5.41) is 20.7. The van der Waals surface area contributed by atoms with Gasteiger partial charge in [-0.25, -0.2) is 0 Å². The second-order valence-electron chi connectivity index (χ2n) is 3.18. The van der Waals surface area contributed by atoms with Gasteiger partial charge in [0.25, 0.3) is 0 Å². The first-order chi connectivity index (χ1) is 6.20. The normalized spacial score (nSPS) is 15.2. The van der Waals surface area contributed by atoms with Gasteiger partial charge in [0, 0.05) is 6.42 Å². The highest BCUT2D eigenvalue weighted by molar-refractivity contribution is 5.81. The van der Waals surface area contributed by atoms with Gasteiger partial charge in [0.1, 0.15) is 0 Å². The molecule has 0 radical (unpaired) electrons. The van der Waals surface area contributed by atoms with Crippen molar-refractivity contribution in [2.24, 2.45) is 5.16 Å². The highest BCUT2D eigenvalue weighted by atomic mass is 16.4. The molecular weight excluding hydrogens is 166 g/mol. The van der Waals surface area contributed by atoms with E-state index in [4.69, 9.17) is 5.21 Å². The Morgan fingerprint density at radius 2 is 2.23 bits per heavy atom. The molecule has 0 aromatic carbocycles. The standard InChI is InChI=1S/C10H19NO2/c1-3-4-5-6-7-10(12)8-9(2)11-13/h6-7,10,12-13H,3-5,8H2,1-2H3/b7-6+,11-9?. The molecule has 0 spiro atoms. The van der Waals surface area contributed by atoms with E-state index in [2.05, 4.69) is 12.1 Å². The number of hydrogen-bond acceptors (Lipinski definition) is 3. The lowest BCUT2D eigenvalue weighted by Crippen LogP contribution is -2.07. The van der Waals surface area contributed by atoms with Crippen LogP contribution in [0.4, 0.5) is 0 Å². The van der Waals surface area contributed by atoms with Crippen molar-refractivity contribution in [2.75, 3.05) is 0 Å². The first kappa shape index (κ1) is 12.2. The Morgan fingerprint density at radius 1 is 1.54 bits per heavy atom. The molecule has 13 heavy (non-hydrogen) atoms. The summed E-state index contributed by atoms with van der Waals surface area (Å²) in [7, 11) is 0. The average Bonchev–Trinajstić information content (AvgIpc) is 2.12. The minimum Gasteiger partial charge on any atom is -0.411 e. The zero-order valence-electron chi connectivity index (χ0n) is 8.40. The third kappa shape index (κ3) is 7.53. The monoisotopic (exact) mass is 185 g/mol. The molecule has 76 valence electrons. The largest absolute Gasteiger partial charge is 0.411 e. The lowest BCUT2D eigenvalue weighted by molar-refractivity contribution is 0.228. The van der Waals surface area contributed by atoms with Crippen LogP contribution >= 0.6 is 0 Å². The van der Waals surface area contributed by atoms with Gasteiger partial charge in [-0.1, -0.05) is 37.1 Å². The fourth-order valence-electron chi connectivity index (χ4n) is 0.987. The second-order valence-corrected chi connectivity index (χ2v) is 3.18. The zero-order valence-corrected chi connectivity index (χ0v) is 8.40.